The van der Waals surface area contributed by atoms with E-state index in [9.17, 15) is 13.2 Å². The Kier molecular flexibility index (Phi) is 3.17. The molecule has 1 aromatic rings. The third-order valence-corrected chi connectivity index (χ3v) is 3.11. The zero-order valence-corrected chi connectivity index (χ0v) is 9.84. The van der Waals surface area contributed by atoms with Gasteiger partial charge in [-0.1, -0.05) is 26.0 Å². The van der Waals surface area contributed by atoms with Crippen LogP contribution < -0.4 is 0 Å². The molecular formula is C13H15F3O. The largest absolute Gasteiger partial charge is 0.416 e. The molecule has 17 heavy (non-hydrogen) atoms. The molecule has 1 saturated heterocycles. The second-order valence-electron chi connectivity index (χ2n) is 4.73. The standard InChI is InChI=1S/C13H15F3O/c1-8(2)11-4-3-9(10-6-17-7-10)5-12(11)13(14,15)16/h3-5,8,10H,6-7H2,1-2H3. The van der Waals surface area contributed by atoms with Gasteiger partial charge in [-0.05, 0) is 23.1 Å². The number of alkyl halides is 3. The van der Waals surface area contributed by atoms with Crippen molar-refractivity contribution in [3.8, 4) is 0 Å². The molecule has 1 aliphatic heterocycles. The smallest absolute Gasteiger partial charge is 0.380 e. The molecule has 0 radical (unpaired) electrons. The molecule has 0 saturated carbocycles. The summed E-state index contributed by atoms with van der Waals surface area (Å²) in [6, 6.07) is 4.67. The van der Waals surface area contributed by atoms with Crippen LogP contribution in [-0.4, -0.2) is 13.2 Å². The Morgan fingerprint density at radius 2 is 1.88 bits per heavy atom. The predicted molar refractivity (Wildman–Crippen MR) is 59.1 cm³/mol. The number of rotatable bonds is 2. The second kappa shape index (κ2) is 4.33. The van der Waals surface area contributed by atoms with Crippen molar-refractivity contribution in [1.82, 2.24) is 0 Å². The van der Waals surface area contributed by atoms with Crippen molar-refractivity contribution >= 4 is 0 Å². The van der Waals surface area contributed by atoms with Crippen LogP contribution in [0.3, 0.4) is 0 Å². The summed E-state index contributed by atoms with van der Waals surface area (Å²) in [5, 5.41) is 0. The van der Waals surface area contributed by atoms with Crippen LogP contribution in [0.25, 0.3) is 0 Å². The Hall–Kier alpha value is -1.03. The molecule has 0 unspecified atom stereocenters. The molecule has 1 aromatic carbocycles. The fourth-order valence-electron chi connectivity index (χ4n) is 2.00. The van der Waals surface area contributed by atoms with Gasteiger partial charge >= 0.3 is 6.18 Å². The molecular weight excluding hydrogens is 229 g/mol. The van der Waals surface area contributed by atoms with Crippen molar-refractivity contribution < 1.29 is 17.9 Å². The summed E-state index contributed by atoms with van der Waals surface area (Å²) in [6.07, 6.45) is -4.28. The SMILES string of the molecule is CC(C)c1ccc(C2COC2)cc1C(F)(F)F. The molecule has 0 atom stereocenters. The highest BCUT2D eigenvalue weighted by atomic mass is 19.4. The van der Waals surface area contributed by atoms with Gasteiger partial charge in [0.1, 0.15) is 0 Å². The van der Waals surface area contributed by atoms with E-state index in [0.717, 1.165) is 5.56 Å². The summed E-state index contributed by atoms with van der Waals surface area (Å²) in [4.78, 5) is 0. The molecule has 0 spiro atoms. The van der Waals surface area contributed by atoms with Crippen molar-refractivity contribution in [2.24, 2.45) is 0 Å². The van der Waals surface area contributed by atoms with Gasteiger partial charge in [0, 0.05) is 5.92 Å². The van der Waals surface area contributed by atoms with Crippen LogP contribution in [0.5, 0.6) is 0 Å². The first kappa shape index (κ1) is 12.4. The lowest BCUT2D eigenvalue weighted by Gasteiger charge is -2.27. The van der Waals surface area contributed by atoms with E-state index in [1.165, 1.54) is 6.07 Å². The van der Waals surface area contributed by atoms with E-state index in [2.05, 4.69) is 0 Å². The molecule has 0 N–H and O–H groups in total. The molecule has 1 nitrogen and oxygen atoms in total. The summed E-state index contributed by atoms with van der Waals surface area (Å²) in [5.41, 5.74) is 0.589. The summed E-state index contributed by atoms with van der Waals surface area (Å²) < 4.78 is 43.8. The first-order valence-corrected chi connectivity index (χ1v) is 5.68. The molecule has 1 heterocycles. The van der Waals surface area contributed by atoms with Gasteiger partial charge in [-0.3, -0.25) is 0 Å². The zero-order valence-electron chi connectivity index (χ0n) is 9.84. The van der Waals surface area contributed by atoms with Crippen LogP contribution in [0.4, 0.5) is 13.2 Å². The van der Waals surface area contributed by atoms with E-state index in [4.69, 9.17) is 4.74 Å². The third kappa shape index (κ3) is 2.46. The average Bonchev–Trinajstić information content (AvgIpc) is 2.13. The lowest BCUT2D eigenvalue weighted by Crippen LogP contribution is -2.25. The van der Waals surface area contributed by atoms with Crippen LogP contribution in [0.1, 0.15) is 42.4 Å². The lowest BCUT2D eigenvalue weighted by atomic mass is 9.90. The van der Waals surface area contributed by atoms with E-state index in [1.54, 1.807) is 26.0 Å². The predicted octanol–water partition coefficient (Wildman–Crippen LogP) is 3.94. The molecule has 1 aliphatic rings. The number of benzene rings is 1. The minimum atomic E-state index is -4.28. The van der Waals surface area contributed by atoms with Crippen molar-refractivity contribution in [2.75, 3.05) is 13.2 Å². The normalized spacial score (nSPS) is 17.3. The van der Waals surface area contributed by atoms with Gasteiger partial charge in [-0.2, -0.15) is 13.2 Å². The molecule has 94 valence electrons. The van der Waals surface area contributed by atoms with Gasteiger partial charge in [0.2, 0.25) is 0 Å². The highest BCUT2D eigenvalue weighted by molar-refractivity contribution is 5.38. The van der Waals surface area contributed by atoms with Gasteiger partial charge in [0.15, 0.2) is 0 Å². The van der Waals surface area contributed by atoms with E-state index in [1.807, 2.05) is 0 Å². The molecule has 0 aliphatic carbocycles. The van der Waals surface area contributed by atoms with E-state index in [0.29, 0.717) is 18.8 Å². The Labute approximate surface area is 98.6 Å². The molecule has 0 aromatic heterocycles. The number of halogens is 3. The fourth-order valence-corrected chi connectivity index (χ4v) is 2.00. The van der Waals surface area contributed by atoms with E-state index in [-0.39, 0.29) is 11.8 Å². The molecule has 2 rings (SSSR count). The van der Waals surface area contributed by atoms with Gasteiger partial charge in [0.05, 0.1) is 18.8 Å². The lowest BCUT2D eigenvalue weighted by molar-refractivity contribution is -0.138. The first-order valence-electron chi connectivity index (χ1n) is 5.68. The summed E-state index contributed by atoms with van der Waals surface area (Å²) in [7, 11) is 0. The minimum Gasteiger partial charge on any atom is -0.380 e. The van der Waals surface area contributed by atoms with Crippen molar-refractivity contribution in [3.05, 3.63) is 34.9 Å². The quantitative estimate of drug-likeness (QED) is 0.765. The minimum absolute atomic E-state index is 0.123. The maximum atomic E-state index is 12.9. The second-order valence-corrected chi connectivity index (χ2v) is 4.73. The monoisotopic (exact) mass is 244 g/mol. The van der Waals surface area contributed by atoms with Crippen molar-refractivity contribution in [3.63, 3.8) is 0 Å². The molecule has 4 heteroatoms. The Morgan fingerprint density at radius 3 is 2.29 bits per heavy atom. The Morgan fingerprint density at radius 1 is 1.24 bits per heavy atom. The Bertz CT molecular complexity index is 406. The zero-order chi connectivity index (χ0) is 12.6. The maximum absolute atomic E-state index is 12.9. The van der Waals surface area contributed by atoms with Crippen molar-refractivity contribution in [2.45, 2.75) is 31.9 Å². The number of hydrogen-bond donors (Lipinski definition) is 0. The van der Waals surface area contributed by atoms with Gasteiger partial charge in [-0.25, -0.2) is 0 Å². The van der Waals surface area contributed by atoms with Gasteiger partial charge in [-0.15, -0.1) is 0 Å². The molecule has 0 amide bonds. The van der Waals surface area contributed by atoms with Crippen LogP contribution in [0.15, 0.2) is 18.2 Å². The molecule has 0 bridgehead atoms. The topological polar surface area (TPSA) is 9.23 Å². The number of ether oxygens (including phenoxy) is 1. The highest BCUT2D eigenvalue weighted by Gasteiger charge is 2.35. The summed E-state index contributed by atoms with van der Waals surface area (Å²) in [5.74, 6) is -0.00405. The molecule has 1 fully saturated rings. The van der Waals surface area contributed by atoms with E-state index >= 15 is 0 Å². The van der Waals surface area contributed by atoms with Crippen LogP contribution in [-0.2, 0) is 10.9 Å². The third-order valence-electron chi connectivity index (χ3n) is 3.11. The Balaban J connectivity index is 2.42. The average molecular weight is 244 g/mol. The van der Waals surface area contributed by atoms with Crippen LogP contribution >= 0.6 is 0 Å². The van der Waals surface area contributed by atoms with Crippen LogP contribution in [0.2, 0.25) is 0 Å². The van der Waals surface area contributed by atoms with Gasteiger partial charge < -0.3 is 4.74 Å². The van der Waals surface area contributed by atoms with E-state index < -0.39 is 11.7 Å². The number of hydrogen-bond acceptors (Lipinski definition) is 1. The van der Waals surface area contributed by atoms with Gasteiger partial charge in [0.25, 0.3) is 0 Å². The summed E-state index contributed by atoms with van der Waals surface area (Å²) in [6.45, 7) is 4.60. The van der Waals surface area contributed by atoms with Crippen molar-refractivity contribution in [1.29, 1.82) is 0 Å². The van der Waals surface area contributed by atoms with Crippen LogP contribution in [0, 0.1) is 0 Å². The fraction of sp³-hybridized carbons (Fsp3) is 0.538. The highest BCUT2D eigenvalue weighted by Crippen LogP contribution is 2.37. The first-order chi connectivity index (χ1) is 7.89. The maximum Gasteiger partial charge on any atom is 0.416 e. The summed E-state index contributed by atoms with van der Waals surface area (Å²) >= 11 is 0.